The van der Waals surface area contributed by atoms with Gasteiger partial charge in [0.25, 0.3) is 0 Å². The Morgan fingerprint density at radius 2 is 1.62 bits per heavy atom. The van der Waals surface area contributed by atoms with E-state index >= 15 is 0 Å². The zero-order chi connectivity index (χ0) is 11.2. The zero-order valence-corrected chi connectivity index (χ0v) is 9.39. The van der Waals surface area contributed by atoms with E-state index in [0.717, 1.165) is 25.9 Å². The van der Waals surface area contributed by atoms with Crippen molar-refractivity contribution in [3.05, 3.63) is 35.9 Å². The summed E-state index contributed by atoms with van der Waals surface area (Å²) >= 11 is 0. The molecule has 0 amide bonds. The Kier molecular flexibility index (Phi) is 3.94. The van der Waals surface area contributed by atoms with E-state index in [1.807, 2.05) is 18.2 Å². The van der Waals surface area contributed by atoms with Crippen molar-refractivity contribution in [3.8, 4) is 0 Å². The lowest BCUT2D eigenvalue weighted by atomic mass is 10.2. The van der Waals surface area contributed by atoms with Gasteiger partial charge in [-0.2, -0.15) is 0 Å². The van der Waals surface area contributed by atoms with E-state index in [1.54, 1.807) is 17.2 Å². The van der Waals surface area contributed by atoms with E-state index in [2.05, 4.69) is 0 Å². The average Bonchev–Trinajstić information content (AvgIpc) is 2.59. The molecule has 1 aliphatic heterocycles. The van der Waals surface area contributed by atoms with E-state index in [-0.39, 0.29) is 5.97 Å². The predicted molar refractivity (Wildman–Crippen MR) is 61.9 cm³/mol. The van der Waals surface area contributed by atoms with Crippen LogP contribution in [0.3, 0.4) is 0 Å². The first-order valence-corrected chi connectivity index (χ1v) is 5.88. The van der Waals surface area contributed by atoms with Crippen molar-refractivity contribution in [2.45, 2.75) is 25.7 Å². The van der Waals surface area contributed by atoms with Gasteiger partial charge in [-0.1, -0.05) is 31.0 Å². The third-order valence-electron chi connectivity index (χ3n) is 2.79. The van der Waals surface area contributed by atoms with Crippen LogP contribution >= 0.6 is 0 Å². The number of hydrogen-bond donors (Lipinski definition) is 0. The summed E-state index contributed by atoms with van der Waals surface area (Å²) in [6.45, 7) is 1.72. The number of hydroxylamine groups is 2. The lowest BCUT2D eigenvalue weighted by Gasteiger charge is -2.18. The zero-order valence-electron chi connectivity index (χ0n) is 9.39. The summed E-state index contributed by atoms with van der Waals surface area (Å²) in [7, 11) is 0. The van der Waals surface area contributed by atoms with Crippen LogP contribution in [0, 0.1) is 0 Å². The van der Waals surface area contributed by atoms with Gasteiger partial charge in [-0.05, 0) is 25.0 Å². The highest BCUT2D eigenvalue weighted by Gasteiger charge is 2.14. The van der Waals surface area contributed by atoms with E-state index in [9.17, 15) is 4.79 Å². The summed E-state index contributed by atoms with van der Waals surface area (Å²) in [5, 5.41) is 1.79. The van der Waals surface area contributed by atoms with Gasteiger partial charge in [0, 0.05) is 13.1 Å². The van der Waals surface area contributed by atoms with Crippen LogP contribution in [0.15, 0.2) is 30.3 Å². The van der Waals surface area contributed by atoms with Gasteiger partial charge in [-0.15, -0.1) is 5.06 Å². The number of hydrogen-bond acceptors (Lipinski definition) is 3. The van der Waals surface area contributed by atoms with Crippen LogP contribution in [0.4, 0.5) is 0 Å². The topological polar surface area (TPSA) is 29.5 Å². The van der Waals surface area contributed by atoms with Crippen molar-refractivity contribution in [1.29, 1.82) is 0 Å². The van der Waals surface area contributed by atoms with Crippen LogP contribution in [0.25, 0.3) is 0 Å². The standard InChI is InChI=1S/C13H17NO2/c15-13(12-8-4-3-5-9-12)16-14-10-6-1-2-7-11-14/h3-5,8-9H,1-2,6-7,10-11H2. The van der Waals surface area contributed by atoms with Crippen molar-refractivity contribution in [1.82, 2.24) is 5.06 Å². The summed E-state index contributed by atoms with van der Waals surface area (Å²) in [6, 6.07) is 9.14. The SMILES string of the molecule is O=C(ON1CCCCCC1)c1ccccc1. The second-order valence-corrected chi connectivity index (χ2v) is 4.09. The third kappa shape index (κ3) is 3.07. The normalized spacial score (nSPS) is 17.8. The minimum atomic E-state index is -0.248. The molecule has 0 aromatic heterocycles. The Bertz CT molecular complexity index is 329. The number of benzene rings is 1. The van der Waals surface area contributed by atoms with Crippen LogP contribution < -0.4 is 0 Å². The third-order valence-corrected chi connectivity index (χ3v) is 2.79. The summed E-state index contributed by atoms with van der Waals surface area (Å²) in [5.74, 6) is -0.248. The van der Waals surface area contributed by atoms with Crippen LogP contribution in [-0.2, 0) is 4.84 Å². The van der Waals surface area contributed by atoms with Gasteiger partial charge in [0.05, 0.1) is 5.56 Å². The molecule has 3 heteroatoms. The molecule has 0 saturated carbocycles. The first-order chi connectivity index (χ1) is 7.86. The Labute approximate surface area is 96.0 Å². The number of carbonyl (C=O) groups is 1. The fourth-order valence-corrected chi connectivity index (χ4v) is 1.88. The van der Waals surface area contributed by atoms with Gasteiger partial charge in [0.1, 0.15) is 0 Å². The maximum absolute atomic E-state index is 11.8. The second-order valence-electron chi connectivity index (χ2n) is 4.09. The second kappa shape index (κ2) is 5.66. The van der Waals surface area contributed by atoms with E-state index in [0.29, 0.717) is 5.56 Å². The van der Waals surface area contributed by atoms with Crippen molar-refractivity contribution < 1.29 is 9.63 Å². The first-order valence-electron chi connectivity index (χ1n) is 5.88. The van der Waals surface area contributed by atoms with E-state index in [4.69, 9.17) is 4.84 Å². The summed E-state index contributed by atoms with van der Waals surface area (Å²) in [6.07, 6.45) is 4.70. The average molecular weight is 219 g/mol. The predicted octanol–water partition coefficient (Wildman–Crippen LogP) is 2.63. The lowest BCUT2D eigenvalue weighted by molar-refractivity contribution is -0.107. The minimum Gasteiger partial charge on any atom is -0.364 e. The van der Waals surface area contributed by atoms with Gasteiger partial charge in [-0.3, -0.25) is 0 Å². The van der Waals surface area contributed by atoms with Crippen molar-refractivity contribution in [3.63, 3.8) is 0 Å². The Morgan fingerprint density at radius 3 is 2.25 bits per heavy atom. The summed E-state index contributed by atoms with van der Waals surface area (Å²) < 4.78 is 0. The highest BCUT2D eigenvalue weighted by atomic mass is 16.7. The van der Waals surface area contributed by atoms with E-state index < -0.39 is 0 Å². The largest absolute Gasteiger partial charge is 0.364 e. The van der Waals surface area contributed by atoms with Crippen molar-refractivity contribution in [2.75, 3.05) is 13.1 Å². The number of nitrogens with zero attached hydrogens (tertiary/aromatic N) is 1. The molecule has 0 N–H and O–H groups in total. The van der Waals surface area contributed by atoms with Crippen LogP contribution in [0.2, 0.25) is 0 Å². The molecule has 1 aliphatic rings. The van der Waals surface area contributed by atoms with E-state index in [1.165, 1.54) is 12.8 Å². The maximum atomic E-state index is 11.8. The van der Waals surface area contributed by atoms with Gasteiger partial charge in [-0.25, -0.2) is 4.79 Å². The highest BCUT2D eigenvalue weighted by Crippen LogP contribution is 2.11. The molecule has 0 atom stereocenters. The smallest absolute Gasteiger partial charge is 0.357 e. The molecule has 2 rings (SSSR count). The molecule has 86 valence electrons. The molecule has 3 nitrogen and oxygen atoms in total. The molecule has 16 heavy (non-hydrogen) atoms. The molecule has 1 aromatic carbocycles. The molecule has 0 radical (unpaired) electrons. The van der Waals surface area contributed by atoms with Crippen LogP contribution in [0.5, 0.6) is 0 Å². The summed E-state index contributed by atoms with van der Waals surface area (Å²) in [4.78, 5) is 17.1. The summed E-state index contributed by atoms with van der Waals surface area (Å²) in [5.41, 5.74) is 0.617. The Morgan fingerprint density at radius 1 is 1.00 bits per heavy atom. The van der Waals surface area contributed by atoms with Crippen LogP contribution in [0.1, 0.15) is 36.0 Å². The van der Waals surface area contributed by atoms with Crippen molar-refractivity contribution in [2.24, 2.45) is 0 Å². The van der Waals surface area contributed by atoms with Gasteiger partial charge in [0.15, 0.2) is 0 Å². The molecule has 0 bridgehead atoms. The monoisotopic (exact) mass is 219 g/mol. The number of rotatable bonds is 2. The molecule has 0 aliphatic carbocycles. The van der Waals surface area contributed by atoms with Gasteiger partial charge in [0.2, 0.25) is 0 Å². The molecule has 1 saturated heterocycles. The molecule has 1 fully saturated rings. The van der Waals surface area contributed by atoms with Gasteiger partial charge >= 0.3 is 5.97 Å². The van der Waals surface area contributed by atoms with Gasteiger partial charge < -0.3 is 4.84 Å². The molecular formula is C13H17NO2. The fraction of sp³-hybridized carbons (Fsp3) is 0.462. The minimum absolute atomic E-state index is 0.248. The lowest BCUT2D eigenvalue weighted by Crippen LogP contribution is -2.28. The van der Waals surface area contributed by atoms with Crippen molar-refractivity contribution >= 4 is 5.97 Å². The quantitative estimate of drug-likeness (QED) is 0.765. The Balaban J connectivity index is 1.91. The Hall–Kier alpha value is -1.35. The molecule has 0 unspecified atom stereocenters. The first kappa shape index (κ1) is 11.1. The number of carbonyl (C=O) groups excluding carboxylic acids is 1. The molecule has 1 heterocycles. The molecule has 1 aromatic rings. The highest BCUT2D eigenvalue weighted by molar-refractivity contribution is 5.89. The molecule has 0 spiro atoms. The maximum Gasteiger partial charge on any atom is 0.357 e. The fourth-order valence-electron chi connectivity index (χ4n) is 1.88. The van der Waals surface area contributed by atoms with Crippen LogP contribution in [-0.4, -0.2) is 24.1 Å². The molecular weight excluding hydrogens is 202 g/mol.